The van der Waals surface area contributed by atoms with Gasteiger partial charge in [0.2, 0.25) is 5.91 Å². The van der Waals surface area contributed by atoms with E-state index in [1.54, 1.807) is 0 Å². The van der Waals surface area contributed by atoms with Crippen molar-refractivity contribution < 1.29 is 9.53 Å². The van der Waals surface area contributed by atoms with Crippen LogP contribution in [0.2, 0.25) is 0 Å². The number of carbonyl (C=O) groups excluding carboxylic acids is 1. The van der Waals surface area contributed by atoms with Gasteiger partial charge in [0.25, 0.3) is 0 Å². The van der Waals surface area contributed by atoms with Crippen molar-refractivity contribution in [3.05, 3.63) is 0 Å². The van der Waals surface area contributed by atoms with Crippen LogP contribution in [0.3, 0.4) is 0 Å². The summed E-state index contributed by atoms with van der Waals surface area (Å²) in [4.78, 5) is 24.0. The topological polar surface area (TPSA) is 60.4 Å². The number of amides is 1. The zero-order valence-corrected chi connectivity index (χ0v) is 20.3. The predicted molar refractivity (Wildman–Crippen MR) is 126 cm³/mol. The number of likely N-dealkylation sites (tertiary alicyclic amines) is 1. The lowest BCUT2D eigenvalue weighted by atomic mass is 10.2. The van der Waals surface area contributed by atoms with Crippen molar-refractivity contribution in [3.63, 3.8) is 0 Å². The molecule has 8 heteroatoms. The number of halogens is 1. The molecule has 0 saturated carbocycles. The fourth-order valence-electron chi connectivity index (χ4n) is 3.67. The lowest BCUT2D eigenvalue weighted by Crippen LogP contribution is -2.57. The monoisotopic (exact) mass is 509 g/mol. The van der Waals surface area contributed by atoms with Gasteiger partial charge in [0.05, 0.1) is 19.2 Å². The Kier molecular flexibility index (Phi) is 13.1. The zero-order chi connectivity index (χ0) is 19.5. The minimum absolute atomic E-state index is 0. The van der Waals surface area contributed by atoms with Gasteiger partial charge in [-0.1, -0.05) is 13.3 Å². The van der Waals surface area contributed by atoms with Gasteiger partial charge in [0.15, 0.2) is 5.96 Å². The third kappa shape index (κ3) is 8.02. The summed E-state index contributed by atoms with van der Waals surface area (Å²) >= 11 is 0. The standard InChI is InChI=1S/C20H39N5O2.HI/c1-4-6-16-27-17-9-22-20(21-5-2)25-14-12-23(13-15-25)18(3)19(26)24-10-7-8-11-24;/h18H,4-17H2,1-3H3,(H,21,22);1H. The van der Waals surface area contributed by atoms with Crippen molar-refractivity contribution in [2.75, 3.05) is 65.6 Å². The normalized spacial score (nSPS) is 19.5. The van der Waals surface area contributed by atoms with Gasteiger partial charge in [-0.3, -0.25) is 14.7 Å². The largest absolute Gasteiger partial charge is 0.380 e. The number of hydrogen-bond acceptors (Lipinski definition) is 4. The molecule has 164 valence electrons. The Bertz CT molecular complexity index is 464. The minimum atomic E-state index is -0.0169. The Hall–Kier alpha value is -0.610. The first-order valence-corrected chi connectivity index (χ1v) is 10.8. The first-order valence-electron chi connectivity index (χ1n) is 10.8. The SMILES string of the molecule is CCCCOCCN=C(NCC)N1CCN(C(C)C(=O)N2CCCC2)CC1.I. The summed E-state index contributed by atoms with van der Waals surface area (Å²) in [5.41, 5.74) is 0. The van der Waals surface area contributed by atoms with E-state index in [0.29, 0.717) is 19.1 Å². The molecule has 28 heavy (non-hydrogen) atoms. The minimum Gasteiger partial charge on any atom is -0.380 e. The summed E-state index contributed by atoms with van der Waals surface area (Å²) in [5.74, 6) is 1.26. The smallest absolute Gasteiger partial charge is 0.239 e. The molecule has 0 aliphatic carbocycles. The van der Waals surface area contributed by atoms with Gasteiger partial charge >= 0.3 is 0 Å². The van der Waals surface area contributed by atoms with E-state index in [-0.39, 0.29) is 30.0 Å². The summed E-state index contributed by atoms with van der Waals surface area (Å²) in [6, 6.07) is -0.0169. The fraction of sp³-hybridized carbons (Fsp3) is 0.900. The van der Waals surface area contributed by atoms with Crippen LogP contribution in [0.5, 0.6) is 0 Å². The summed E-state index contributed by atoms with van der Waals surface area (Å²) in [5, 5.41) is 3.39. The van der Waals surface area contributed by atoms with Gasteiger partial charge in [-0.15, -0.1) is 24.0 Å². The van der Waals surface area contributed by atoms with Crippen molar-refractivity contribution in [1.29, 1.82) is 0 Å². The Morgan fingerprint density at radius 2 is 1.71 bits per heavy atom. The van der Waals surface area contributed by atoms with E-state index in [1.807, 2.05) is 4.90 Å². The van der Waals surface area contributed by atoms with E-state index in [4.69, 9.17) is 9.73 Å². The summed E-state index contributed by atoms with van der Waals surface area (Å²) in [6.45, 7) is 14.8. The molecule has 0 aromatic carbocycles. The van der Waals surface area contributed by atoms with E-state index in [0.717, 1.165) is 84.1 Å². The Labute approximate surface area is 188 Å². The van der Waals surface area contributed by atoms with Crippen LogP contribution in [0.25, 0.3) is 0 Å². The quantitative estimate of drug-likeness (QED) is 0.223. The highest BCUT2D eigenvalue weighted by molar-refractivity contribution is 14.0. The third-order valence-corrected chi connectivity index (χ3v) is 5.41. The number of aliphatic imine (C=N–C) groups is 1. The molecule has 2 heterocycles. The molecule has 0 aromatic heterocycles. The van der Waals surface area contributed by atoms with Crippen molar-refractivity contribution in [1.82, 2.24) is 20.0 Å². The van der Waals surface area contributed by atoms with Crippen molar-refractivity contribution in [3.8, 4) is 0 Å². The van der Waals surface area contributed by atoms with Crippen molar-refractivity contribution in [2.24, 2.45) is 4.99 Å². The van der Waals surface area contributed by atoms with Crippen LogP contribution in [0.4, 0.5) is 0 Å². The van der Waals surface area contributed by atoms with Crippen LogP contribution in [-0.2, 0) is 9.53 Å². The molecule has 7 nitrogen and oxygen atoms in total. The Morgan fingerprint density at radius 1 is 1.04 bits per heavy atom. The zero-order valence-electron chi connectivity index (χ0n) is 18.0. The second-order valence-electron chi connectivity index (χ2n) is 7.43. The maximum atomic E-state index is 12.6. The van der Waals surface area contributed by atoms with Crippen LogP contribution >= 0.6 is 24.0 Å². The van der Waals surface area contributed by atoms with Gasteiger partial charge in [0, 0.05) is 52.4 Å². The highest BCUT2D eigenvalue weighted by Gasteiger charge is 2.30. The molecule has 1 amide bonds. The van der Waals surface area contributed by atoms with Crippen LogP contribution in [0.1, 0.15) is 46.5 Å². The van der Waals surface area contributed by atoms with E-state index in [2.05, 4.69) is 35.9 Å². The number of nitrogens with zero attached hydrogens (tertiary/aromatic N) is 4. The second kappa shape index (κ2) is 14.4. The van der Waals surface area contributed by atoms with Crippen molar-refractivity contribution >= 4 is 35.8 Å². The summed E-state index contributed by atoms with van der Waals surface area (Å²) in [7, 11) is 0. The second-order valence-corrected chi connectivity index (χ2v) is 7.43. The molecule has 1 unspecified atom stereocenters. The number of unbranched alkanes of at least 4 members (excludes halogenated alkanes) is 1. The van der Waals surface area contributed by atoms with E-state index >= 15 is 0 Å². The Balaban J connectivity index is 0.00000392. The molecule has 0 spiro atoms. The molecular weight excluding hydrogens is 469 g/mol. The number of ether oxygens (including phenoxy) is 1. The molecule has 2 rings (SSSR count). The summed E-state index contributed by atoms with van der Waals surface area (Å²) < 4.78 is 5.61. The molecular formula is C20H40IN5O2. The number of rotatable bonds is 9. The van der Waals surface area contributed by atoms with Gasteiger partial charge in [-0.25, -0.2) is 0 Å². The lowest BCUT2D eigenvalue weighted by Gasteiger charge is -2.39. The lowest BCUT2D eigenvalue weighted by molar-refractivity contribution is -0.135. The Morgan fingerprint density at radius 3 is 2.32 bits per heavy atom. The predicted octanol–water partition coefficient (Wildman–Crippen LogP) is 2.02. The van der Waals surface area contributed by atoms with Crippen LogP contribution < -0.4 is 5.32 Å². The first-order chi connectivity index (χ1) is 13.2. The molecule has 1 atom stereocenters. The average Bonchev–Trinajstić information content (AvgIpc) is 3.23. The third-order valence-electron chi connectivity index (χ3n) is 5.41. The molecule has 2 aliphatic rings. The number of piperazine rings is 1. The maximum Gasteiger partial charge on any atom is 0.239 e. The van der Waals surface area contributed by atoms with E-state index < -0.39 is 0 Å². The first kappa shape index (κ1) is 25.4. The number of nitrogens with one attached hydrogen (secondary N) is 1. The van der Waals surface area contributed by atoms with Crippen LogP contribution in [0, 0.1) is 0 Å². The molecule has 0 radical (unpaired) electrons. The van der Waals surface area contributed by atoms with E-state index in [9.17, 15) is 4.79 Å². The van der Waals surface area contributed by atoms with Crippen molar-refractivity contribution in [2.45, 2.75) is 52.5 Å². The van der Waals surface area contributed by atoms with Crippen LogP contribution in [0.15, 0.2) is 4.99 Å². The van der Waals surface area contributed by atoms with Gasteiger partial charge in [0.1, 0.15) is 0 Å². The molecule has 1 N–H and O–H groups in total. The van der Waals surface area contributed by atoms with Crippen LogP contribution in [-0.4, -0.2) is 98.2 Å². The number of guanidine groups is 1. The number of hydrogen-bond donors (Lipinski definition) is 1. The average molecular weight is 509 g/mol. The molecule has 2 fully saturated rings. The maximum absolute atomic E-state index is 12.6. The van der Waals surface area contributed by atoms with Gasteiger partial charge in [-0.2, -0.15) is 0 Å². The van der Waals surface area contributed by atoms with Gasteiger partial charge in [-0.05, 0) is 33.1 Å². The molecule has 0 bridgehead atoms. The highest BCUT2D eigenvalue weighted by atomic mass is 127. The molecule has 2 saturated heterocycles. The molecule has 2 aliphatic heterocycles. The van der Waals surface area contributed by atoms with Gasteiger partial charge < -0.3 is 19.9 Å². The fourth-order valence-corrected chi connectivity index (χ4v) is 3.67. The summed E-state index contributed by atoms with van der Waals surface area (Å²) in [6.07, 6.45) is 4.57. The number of carbonyl (C=O) groups is 1. The highest BCUT2D eigenvalue weighted by Crippen LogP contribution is 2.14. The van der Waals surface area contributed by atoms with E-state index in [1.165, 1.54) is 0 Å². The molecule has 0 aromatic rings.